The molecule has 0 fully saturated rings. The van der Waals surface area contributed by atoms with Gasteiger partial charge in [0.1, 0.15) is 0 Å². The Morgan fingerprint density at radius 1 is 1.36 bits per heavy atom. The fraction of sp³-hybridized carbons (Fsp3) is 0.667. The molecule has 0 saturated carbocycles. The van der Waals surface area contributed by atoms with Crippen molar-refractivity contribution in [1.29, 1.82) is 0 Å². The van der Waals surface area contributed by atoms with E-state index in [1.165, 1.54) is 5.48 Å². The number of rotatable bonds is 3. The summed E-state index contributed by atoms with van der Waals surface area (Å²) in [7, 11) is 0. The zero-order valence-electron chi connectivity index (χ0n) is 6.93. The number of nitrogens with one attached hydrogen (secondary N) is 1. The molecule has 0 aliphatic rings. The van der Waals surface area contributed by atoms with Gasteiger partial charge in [-0.15, -0.1) is 0 Å². The lowest BCUT2D eigenvalue weighted by Crippen LogP contribution is -2.34. The topological polar surface area (TPSA) is 75.6 Å². The quantitative estimate of drug-likeness (QED) is 0.644. The smallest absolute Gasteiger partial charge is 0.396 e. The van der Waals surface area contributed by atoms with E-state index in [2.05, 4.69) is 4.84 Å². The van der Waals surface area contributed by atoms with Crippen LogP contribution in [-0.2, 0) is 14.4 Å². The van der Waals surface area contributed by atoms with Crippen molar-refractivity contribution in [2.24, 2.45) is 0 Å². The summed E-state index contributed by atoms with van der Waals surface area (Å²) in [5.41, 5.74) is 1.30. The summed E-state index contributed by atoms with van der Waals surface area (Å²) < 4.78 is 34.5. The van der Waals surface area contributed by atoms with Gasteiger partial charge in [-0.2, -0.15) is 18.7 Å². The van der Waals surface area contributed by atoms with E-state index in [4.69, 9.17) is 5.11 Å². The van der Waals surface area contributed by atoms with Crippen LogP contribution in [0.2, 0.25) is 0 Å². The molecule has 0 unspecified atom stereocenters. The third-order valence-electron chi connectivity index (χ3n) is 1.05. The van der Waals surface area contributed by atoms with Gasteiger partial charge in [-0.25, -0.2) is 4.79 Å². The van der Waals surface area contributed by atoms with E-state index in [0.717, 1.165) is 0 Å². The molecule has 0 heterocycles. The highest BCUT2D eigenvalue weighted by molar-refractivity contribution is 5.80. The second-order valence-corrected chi connectivity index (χ2v) is 2.24. The standard InChI is InChI=1S/C6H8F3NO4/c7-6(8,9)5(13)14-10-4(12)2-1-3-11/h11H,1-3H2,(H,10,12). The number of halogens is 3. The van der Waals surface area contributed by atoms with Crippen LogP contribution >= 0.6 is 0 Å². The van der Waals surface area contributed by atoms with Gasteiger partial charge in [-0.1, -0.05) is 0 Å². The number of hydrogen-bond donors (Lipinski definition) is 2. The van der Waals surface area contributed by atoms with Gasteiger partial charge in [0.2, 0.25) is 0 Å². The minimum absolute atomic E-state index is 0.0788. The second-order valence-electron chi connectivity index (χ2n) is 2.24. The number of alkyl halides is 3. The number of aliphatic hydroxyl groups is 1. The van der Waals surface area contributed by atoms with Crippen LogP contribution in [0, 0.1) is 0 Å². The molecule has 2 N–H and O–H groups in total. The first-order valence-electron chi connectivity index (χ1n) is 3.55. The zero-order chi connectivity index (χ0) is 11.2. The van der Waals surface area contributed by atoms with Gasteiger partial charge in [-0.05, 0) is 6.42 Å². The van der Waals surface area contributed by atoms with E-state index >= 15 is 0 Å². The predicted octanol–water partition coefficient (Wildman–Crippen LogP) is -0.104. The Bertz CT molecular complexity index is 216. The minimum atomic E-state index is -5.13. The minimum Gasteiger partial charge on any atom is -0.396 e. The van der Waals surface area contributed by atoms with E-state index < -0.39 is 18.1 Å². The summed E-state index contributed by atoms with van der Waals surface area (Å²) >= 11 is 0. The van der Waals surface area contributed by atoms with Crippen LogP contribution < -0.4 is 5.48 Å². The van der Waals surface area contributed by atoms with E-state index in [1.54, 1.807) is 0 Å². The molecule has 0 aromatic carbocycles. The lowest BCUT2D eigenvalue weighted by atomic mass is 10.3. The number of carbonyl (C=O) groups is 2. The molecule has 0 aromatic rings. The van der Waals surface area contributed by atoms with Crippen molar-refractivity contribution in [2.75, 3.05) is 6.61 Å². The largest absolute Gasteiger partial charge is 0.493 e. The van der Waals surface area contributed by atoms with Crippen LogP contribution in [0.5, 0.6) is 0 Å². The summed E-state index contributed by atoms with van der Waals surface area (Å²) in [6.07, 6.45) is -5.28. The van der Waals surface area contributed by atoms with E-state index in [0.29, 0.717) is 0 Å². The summed E-state index contributed by atoms with van der Waals surface area (Å²) in [4.78, 5) is 24.0. The van der Waals surface area contributed by atoms with Crippen molar-refractivity contribution < 1.29 is 32.7 Å². The molecule has 0 saturated heterocycles. The monoisotopic (exact) mass is 215 g/mol. The molecule has 0 aliphatic heterocycles. The number of aliphatic hydroxyl groups excluding tert-OH is 1. The first-order chi connectivity index (χ1) is 6.38. The molecule has 82 valence electrons. The Kier molecular flexibility index (Phi) is 4.92. The molecule has 8 heteroatoms. The first kappa shape index (κ1) is 12.7. The lowest BCUT2D eigenvalue weighted by molar-refractivity contribution is -0.207. The van der Waals surface area contributed by atoms with Crippen LogP contribution in [-0.4, -0.2) is 29.8 Å². The first-order valence-corrected chi connectivity index (χ1v) is 3.55. The highest BCUT2D eigenvalue weighted by atomic mass is 19.4. The van der Waals surface area contributed by atoms with Gasteiger partial charge in [0.15, 0.2) is 0 Å². The zero-order valence-corrected chi connectivity index (χ0v) is 6.93. The number of carbonyl (C=O) groups excluding carboxylic acids is 2. The maximum Gasteiger partial charge on any atom is 0.493 e. The number of amides is 1. The van der Waals surface area contributed by atoms with Crippen molar-refractivity contribution >= 4 is 11.9 Å². The van der Waals surface area contributed by atoms with Crippen LogP contribution in [0.3, 0.4) is 0 Å². The Morgan fingerprint density at radius 3 is 2.36 bits per heavy atom. The average molecular weight is 215 g/mol. The maximum absolute atomic E-state index is 11.5. The highest BCUT2D eigenvalue weighted by Gasteiger charge is 2.41. The maximum atomic E-state index is 11.5. The molecular formula is C6H8F3NO4. The van der Waals surface area contributed by atoms with Crippen molar-refractivity contribution in [2.45, 2.75) is 19.0 Å². The number of hydroxylamine groups is 1. The summed E-state index contributed by atoms with van der Waals surface area (Å²) in [5.74, 6) is -3.40. The third-order valence-corrected chi connectivity index (χ3v) is 1.05. The Hall–Kier alpha value is -1.31. The lowest BCUT2D eigenvalue weighted by Gasteiger charge is -2.06. The Labute approximate surface area is 76.8 Å². The van der Waals surface area contributed by atoms with E-state index in [1.807, 2.05) is 0 Å². The Balaban J connectivity index is 3.73. The molecule has 0 aliphatic carbocycles. The van der Waals surface area contributed by atoms with E-state index in [9.17, 15) is 22.8 Å². The normalized spacial score (nSPS) is 10.9. The van der Waals surface area contributed by atoms with Crippen molar-refractivity contribution in [1.82, 2.24) is 5.48 Å². The van der Waals surface area contributed by atoms with Crippen LogP contribution in [0.1, 0.15) is 12.8 Å². The molecule has 0 spiro atoms. The number of hydrogen-bond acceptors (Lipinski definition) is 4. The fourth-order valence-electron chi connectivity index (χ4n) is 0.452. The van der Waals surface area contributed by atoms with Gasteiger partial charge >= 0.3 is 12.1 Å². The molecule has 14 heavy (non-hydrogen) atoms. The van der Waals surface area contributed by atoms with Gasteiger partial charge in [0.25, 0.3) is 5.91 Å². The molecule has 1 amide bonds. The highest BCUT2D eigenvalue weighted by Crippen LogP contribution is 2.15. The average Bonchev–Trinajstić information content (AvgIpc) is 2.09. The van der Waals surface area contributed by atoms with Gasteiger partial charge < -0.3 is 9.94 Å². The summed E-state index contributed by atoms with van der Waals surface area (Å²) in [5, 5.41) is 8.25. The van der Waals surface area contributed by atoms with Crippen LogP contribution in [0.15, 0.2) is 0 Å². The Morgan fingerprint density at radius 2 is 1.93 bits per heavy atom. The van der Waals surface area contributed by atoms with Crippen LogP contribution in [0.25, 0.3) is 0 Å². The van der Waals surface area contributed by atoms with Crippen molar-refractivity contribution in [3.05, 3.63) is 0 Å². The summed E-state index contributed by atoms with van der Waals surface area (Å²) in [6, 6.07) is 0. The molecule has 0 radical (unpaired) electrons. The third kappa shape index (κ3) is 5.36. The van der Waals surface area contributed by atoms with Crippen molar-refractivity contribution in [3.63, 3.8) is 0 Å². The SMILES string of the molecule is O=C(CCCO)NOC(=O)C(F)(F)F. The van der Waals surface area contributed by atoms with E-state index in [-0.39, 0.29) is 19.4 Å². The second kappa shape index (κ2) is 5.43. The predicted molar refractivity (Wildman–Crippen MR) is 36.6 cm³/mol. The van der Waals surface area contributed by atoms with Gasteiger partial charge in [-0.3, -0.25) is 4.79 Å². The molecular weight excluding hydrogens is 207 g/mol. The molecule has 0 aromatic heterocycles. The van der Waals surface area contributed by atoms with Crippen LogP contribution in [0.4, 0.5) is 13.2 Å². The van der Waals surface area contributed by atoms with Gasteiger partial charge in [0, 0.05) is 13.0 Å². The molecule has 0 bridgehead atoms. The molecule has 0 atom stereocenters. The molecule has 0 rings (SSSR count). The fourth-order valence-corrected chi connectivity index (χ4v) is 0.452. The van der Waals surface area contributed by atoms with Gasteiger partial charge in [0.05, 0.1) is 0 Å². The van der Waals surface area contributed by atoms with Crippen molar-refractivity contribution in [3.8, 4) is 0 Å². The summed E-state index contributed by atoms with van der Waals surface area (Å²) in [6.45, 7) is -0.277. The molecule has 5 nitrogen and oxygen atoms in total.